The van der Waals surface area contributed by atoms with Crippen molar-refractivity contribution in [1.29, 1.82) is 0 Å². The Kier molecular flexibility index (Phi) is 3.98. The number of likely N-dealkylation sites (tertiary alicyclic amines) is 1. The summed E-state index contributed by atoms with van der Waals surface area (Å²) in [5.74, 6) is 0. The molecule has 1 N–H and O–H groups in total. The lowest BCUT2D eigenvalue weighted by molar-refractivity contribution is 0.251. The molecule has 0 amide bonds. The molecule has 0 spiro atoms. The molecule has 3 rings (SSSR count). The Bertz CT molecular complexity index is 571. The molecule has 2 aromatic heterocycles. The van der Waals surface area contributed by atoms with Gasteiger partial charge in [0.05, 0.1) is 5.69 Å². The van der Waals surface area contributed by atoms with Gasteiger partial charge in [0, 0.05) is 43.2 Å². The number of hydrogen-bond donors (Lipinski definition) is 1. The van der Waals surface area contributed by atoms with Crippen LogP contribution in [0.2, 0.25) is 0 Å². The van der Waals surface area contributed by atoms with Gasteiger partial charge in [-0.2, -0.15) is 5.10 Å². The van der Waals surface area contributed by atoms with E-state index in [2.05, 4.69) is 33.4 Å². The first-order valence-electron chi connectivity index (χ1n) is 7.48. The van der Waals surface area contributed by atoms with Crippen LogP contribution in [0.15, 0.2) is 18.5 Å². The molecule has 1 saturated heterocycles. The van der Waals surface area contributed by atoms with E-state index in [1.807, 2.05) is 23.7 Å². The Balaban J connectivity index is 1.53. The smallest absolute Gasteiger partial charge is 0.155 e. The molecule has 5 nitrogen and oxygen atoms in total. The minimum Gasteiger partial charge on any atom is -0.311 e. The van der Waals surface area contributed by atoms with Crippen LogP contribution in [0.25, 0.3) is 5.65 Å². The number of aryl methyl sites for hydroxylation is 1. The standard InChI is InChI=1S/C15H23N5/c1-12-7-15-17-10-14(11-20(15)18-12)9-16-8-13(2)19-5-3-4-6-19/h7,10-11,13,16H,3-6,8-9H2,1-2H3. The van der Waals surface area contributed by atoms with Crippen LogP contribution in [0, 0.1) is 6.92 Å². The van der Waals surface area contributed by atoms with E-state index in [0.717, 1.165) is 24.4 Å². The maximum absolute atomic E-state index is 4.43. The average Bonchev–Trinajstić information content (AvgIpc) is 3.05. The first-order valence-corrected chi connectivity index (χ1v) is 7.48. The highest BCUT2D eigenvalue weighted by molar-refractivity contribution is 5.38. The predicted octanol–water partition coefficient (Wildman–Crippen LogP) is 1.61. The van der Waals surface area contributed by atoms with Crippen LogP contribution in [-0.4, -0.2) is 45.2 Å². The fourth-order valence-corrected chi connectivity index (χ4v) is 2.86. The van der Waals surface area contributed by atoms with E-state index in [-0.39, 0.29) is 0 Å². The van der Waals surface area contributed by atoms with Crippen molar-refractivity contribution in [3.8, 4) is 0 Å². The van der Waals surface area contributed by atoms with Gasteiger partial charge in [0.1, 0.15) is 0 Å². The molecule has 20 heavy (non-hydrogen) atoms. The zero-order valence-corrected chi connectivity index (χ0v) is 12.3. The maximum Gasteiger partial charge on any atom is 0.155 e. The number of nitrogens with one attached hydrogen (secondary N) is 1. The van der Waals surface area contributed by atoms with Crippen LogP contribution >= 0.6 is 0 Å². The summed E-state index contributed by atoms with van der Waals surface area (Å²) in [5.41, 5.74) is 3.09. The summed E-state index contributed by atoms with van der Waals surface area (Å²) in [6.45, 7) is 8.67. The Hall–Kier alpha value is -1.46. The molecule has 1 unspecified atom stereocenters. The lowest BCUT2D eigenvalue weighted by Crippen LogP contribution is -2.38. The molecule has 1 aliphatic rings. The second kappa shape index (κ2) is 5.89. The minimum atomic E-state index is 0.612. The normalized spacial score (nSPS) is 17.9. The van der Waals surface area contributed by atoms with Gasteiger partial charge in [0.2, 0.25) is 0 Å². The fourth-order valence-electron chi connectivity index (χ4n) is 2.86. The van der Waals surface area contributed by atoms with Crippen LogP contribution in [0.1, 0.15) is 31.0 Å². The van der Waals surface area contributed by atoms with Gasteiger partial charge in [-0.05, 0) is 39.8 Å². The third-order valence-corrected chi connectivity index (χ3v) is 4.02. The zero-order chi connectivity index (χ0) is 13.9. The van der Waals surface area contributed by atoms with E-state index in [1.54, 1.807) is 0 Å². The van der Waals surface area contributed by atoms with Crippen LogP contribution < -0.4 is 5.32 Å². The summed E-state index contributed by atoms with van der Waals surface area (Å²) in [6.07, 6.45) is 6.69. The fraction of sp³-hybridized carbons (Fsp3) is 0.600. The Labute approximate surface area is 120 Å². The Morgan fingerprint density at radius 3 is 2.95 bits per heavy atom. The molecule has 1 atom stereocenters. The van der Waals surface area contributed by atoms with E-state index < -0.39 is 0 Å². The molecule has 0 saturated carbocycles. The van der Waals surface area contributed by atoms with Crippen LogP contribution in [0.4, 0.5) is 0 Å². The minimum absolute atomic E-state index is 0.612. The highest BCUT2D eigenvalue weighted by atomic mass is 15.2. The van der Waals surface area contributed by atoms with Crippen molar-refractivity contribution in [3.05, 3.63) is 29.7 Å². The highest BCUT2D eigenvalue weighted by Crippen LogP contribution is 2.11. The highest BCUT2D eigenvalue weighted by Gasteiger charge is 2.17. The van der Waals surface area contributed by atoms with Crippen molar-refractivity contribution in [2.75, 3.05) is 19.6 Å². The summed E-state index contributed by atoms with van der Waals surface area (Å²) >= 11 is 0. The van der Waals surface area contributed by atoms with E-state index in [9.17, 15) is 0 Å². The number of nitrogens with zero attached hydrogens (tertiary/aromatic N) is 4. The van der Waals surface area contributed by atoms with Gasteiger partial charge in [0.15, 0.2) is 5.65 Å². The topological polar surface area (TPSA) is 45.5 Å². The van der Waals surface area contributed by atoms with Gasteiger partial charge in [-0.3, -0.25) is 4.90 Å². The number of aromatic nitrogens is 3. The van der Waals surface area contributed by atoms with Gasteiger partial charge in [-0.25, -0.2) is 9.50 Å². The van der Waals surface area contributed by atoms with Crippen molar-refractivity contribution < 1.29 is 0 Å². The lowest BCUT2D eigenvalue weighted by atomic mass is 10.2. The molecule has 108 valence electrons. The Morgan fingerprint density at radius 2 is 2.15 bits per heavy atom. The summed E-state index contributed by atoms with van der Waals surface area (Å²) in [7, 11) is 0. The van der Waals surface area contributed by atoms with Crippen molar-refractivity contribution in [3.63, 3.8) is 0 Å². The summed E-state index contributed by atoms with van der Waals surface area (Å²) in [4.78, 5) is 6.99. The SMILES string of the molecule is Cc1cc2ncc(CNCC(C)N3CCCC3)cn2n1. The summed E-state index contributed by atoms with van der Waals surface area (Å²) in [5, 5.41) is 7.93. The molecular formula is C15H23N5. The van der Waals surface area contributed by atoms with Gasteiger partial charge in [-0.1, -0.05) is 0 Å². The van der Waals surface area contributed by atoms with Gasteiger partial charge >= 0.3 is 0 Å². The first-order chi connectivity index (χ1) is 9.72. The molecule has 0 aromatic carbocycles. The average molecular weight is 273 g/mol. The third-order valence-electron chi connectivity index (χ3n) is 4.02. The van der Waals surface area contributed by atoms with Crippen molar-refractivity contribution >= 4 is 5.65 Å². The first kappa shape index (κ1) is 13.5. The van der Waals surface area contributed by atoms with Gasteiger partial charge in [-0.15, -0.1) is 0 Å². The molecule has 1 fully saturated rings. The molecule has 1 aliphatic heterocycles. The van der Waals surface area contributed by atoms with E-state index in [0.29, 0.717) is 6.04 Å². The van der Waals surface area contributed by atoms with Gasteiger partial charge < -0.3 is 5.32 Å². The largest absolute Gasteiger partial charge is 0.311 e. The monoisotopic (exact) mass is 273 g/mol. The van der Waals surface area contributed by atoms with Crippen molar-refractivity contribution in [1.82, 2.24) is 24.8 Å². The van der Waals surface area contributed by atoms with Crippen LogP contribution in [0.3, 0.4) is 0 Å². The third kappa shape index (κ3) is 2.99. The molecule has 5 heteroatoms. The van der Waals surface area contributed by atoms with Crippen LogP contribution in [0.5, 0.6) is 0 Å². The van der Waals surface area contributed by atoms with Crippen molar-refractivity contribution in [2.24, 2.45) is 0 Å². The lowest BCUT2D eigenvalue weighted by Gasteiger charge is -2.23. The summed E-state index contributed by atoms with van der Waals surface area (Å²) in [6, 6.07) is 2.60. The number of fused-ring (bicyclic) bond motifs is 1. The second-order valence-electron chi connectivity index (χ2n) is 5.77. The van der Waals surface area contributed by atoms with Gasteiger partial charge in [0.25, 0.3) is 0 Å². The molecule has 3 heterocycles. The quantitative estimate of drug-likeness (QED) is 0.899. The van der Waals surface area contributed by atoms with E-state index >= 15 is 0 Å². The van der Waals surface area contributed by atoms with Crippen molar-refractivity contribution in [2.45, 2.75) is 39.3 Å². The Morgan fingerprint density at radius 1 is 1.35 bits per heavy atom. The zero-order valence-electron chi connectivity index (χ0n) is 12.3. The molecule has 0 radical (unpaired) electrons. The maximum atomic E-state index is 4.43. The molecule has 0 bridgehead atoms. The molecular weight excluding hydrogens is 250 g/mol. The molecule has 0 aliphatic carbocycles. The number of hydrogen-bond acceptors (Lipinski definition) is 4. The van der Waals surface area contributed by atoms with E-state index in [4.69, 9.17) is 0 Å². The van der Waals surface area contributed by atoms with Crippen LogP contribution in [-0.2, 0) is 6.54 Å². The molecule has 2 aromatic rings. The van der Waals surface area contributed by atoms with E-state index in [1.165, 1.54) is 31.5 Å². The summed E-state index contributed by atoms with van der Waals surface area (Å²) < 4.78 is 1.86. The predicted molar refractivity (Wildman–Crippen MR) is 79.7 cm³/mol. The second-order valence-corrected chi connectivity index (χ2v) is 5.77. The number of rotatable bonds is 5.